The topological polar surface area (TPSA) is 88.0 Å². The Labute approximate surface area is 224 Å². The average Bonchev–Trinajstić information content (AvgIpc) is 3.51. The molecule has 0 radical (unpaired) electrons. The van der Waals surface area contributed by atoms with Crippen molar-refractivity contribution in [2.45, 2.75) is 82.6 Å². The van der Waals surface area contributed by atoms with Gasteiger partial charge in [-0.05, 0) is 111 Å². The summed E-state index contributed by atoms with van der Waals surface area (Å²) in [5.74, 6) is 3.06. The molecular weight excluding hydrogens is 485 g/mol. The number of fused-ring (bicyclic) bond motifs is 3. The van der Waals surface area contributed by atoms with Gasteiger partial charge in [-0.25, -0.2) is 4.39 Å². The highest BCUT2D eigenvalue weighted by atomic mass is 19.1. The van der Waals surface area contributed by atoms with Crippen LogP contribution in [0.4, 0.5) is 4.39 Å². The summed E-state index contributed by atoms with van der Waals surface area (Å²) in [4.78, 5) is 12.3. The number of hydrogen-bond donors (Lipinski definition) is 3. The number of aliphatic hydroxyl groups is 2. The van der Waals surface area contributed by atoms with Crippen LogP contribution in [0.25, 0.3) is 0 Å². The predicted molar refractivity (Wildman–Crippen MR) is 143 cm³/mol. The smallest absolute Gasteiger partial charge is 0.162 e. The van der Waals surface area contributed by atoms with Gasteiger partial charge in [0.25, 0.3) is 0 Å². The van der Waals surface area contributed by atoms with Crippen molar-refractivity contribution in [2.75, 3.05) is 13.2 Å². The zero-order valence-corrected chi connectivity index (χ0v) is 22.0. The van der Waals surface area contributed by atoms with Crippen LogP contribution in [0.3, 0.4) is 0 Å². The molecular formula is C31H40FNO5. The molecule has 0 spiro atoms. The number of unbranched alkanes of at least 4 members (excludes halogenated alkanes) is 2. The maximum absolute atomic E-state index is 13.1. The molecule has 2 aromatic rings. The van der Waals surface area contributed by atoms with E-state index in [1.807, 2.05) is 18.2 Å². The summed E-state index contributed by atoms with van der Waals surface area (Å²) >= 11 is 0. The molecule has 1 heterocycles. The number of carbonyl (C=O) groups excluding carboxylic acids is 1. The lowest BCUT2D eigenvalue weighted by Gasteiger charge is -2.31. The Balaban J connectivity index is 1.14. The zero-order chi connectivity index (χ0) is 26.5. The van der Waals surface area contributed by atoms with Crippen LogP contribution in [0.15, 0.2) is 42.5 Å². The van der Waals surface area contributed by atoms with Crippen molar-refractivity contribution in [3.63, 3.8) is 0 Å². The van der Waals surface area contributed by atoms with Crippen molar-refractivity contribution in [1.29, 1.82) is 0 Å². The van der Waals surface area contributed by atoms with E-state index in [-0.39, 0.29) is 17.6 Å². The van der Waals surface area contributed by atoms with E-state index < -0.39 is 12.3 Å². The molecule has 7 heteroatoms. The molecule has 2 aromatic carbocycles. The van der Waals surface area contributed by atoms with E-state index >= 15 is 0 Å². The second kappa shape index (κ2) is 12.6. The number of Topliss-reactive ketones (excluding diaryl/α,β-unsaturated/α-hetero) is 1. The highest BCUT2D eigenvalue weighted by molar-refractivity contribution is 5.95. The van der Waals surface area contributed by atoms with E-state index in [0.29, 0.717) is 49.0 Å². The fraction of sp³-hybridized carbons (Fsp3) is 0.581. The summed E-state index contributed by atoms with van der Waals surface area (Å²) < 4.78 is 24.4. The molecule has 38 heavy (non-hydrogen) atoms. The largest absolute Gasteiger partial charge is 0.486 e. The summed E-state index contributed by atoms with van der Waals surface area (Å²) in [6, 6.07) is 11.0. The highest BCUT2D eigenvalue weighted by Crippen LogP contribution is 2.51. The van der Waals surface area contributed by atoms with Gasteiger partial charge >= 0.3 is 0 Å². The van der Waals surface area contributed by atoms with Crippen molar-refractivity contribution < 1.29 is 28.9 Å². The summed E-state index contributed by atoms with van der Waals surface area (Å²) in [6.07, 6.45) is 7.71. The lowest BCUT2D eigenvalue weighted by atomic mass is 9.86. The standard InChI is InChI=1S/C31H40FNO5/c32-24-13-10-22(11-14-24)27(34)4-2-1-3-5-30(35)33-26(19-25-20-6-7-21(25)9-8-20)31(36)23-12-15-28-29(18-23)38-17-16-37-28/h10-15,18,20-21,25-26,30-31,33,35-36H,1-9,16-17,19H2/t20?,21?,25?,26-,30?,31-/m1/s1. The number of benzene rings is 2. The van der Waals surface area contributed by atoms with Crippen LogP contribution in [0.2, 0.25) is 0 Å². The minimum Gasteiger partial charge on any atom is -0.486 e. The molecule has 2 fully saturated rings. The van der Waals surface area contributed by atoms with Crippen LogP contribution in [-0.2, 0) is 0 Å². The lowest BCUT2D eigenvalue weighted by Crippen LogP contribution is -2.43. The van der Waals surface area contributed by atoms with Crippen LogP contribution >= 0.6 is 0 Å². The minimum atomic E-state index is -0.770. The molecule has 2 saturated carbocycles. The van der Waals surface area contributed by atoms with E-state index in [4.69, 9.17) is 9.47 Å². The molecule has 2 aliphatic carbocycles. The number of aliphatic hydroxyl groups excluding tert-OH is 2. The number of ketones is 1. The maximum atomic E-state index is 13.1. The first-order valence-electron chi connectivity index (χ1n) is 14.3. The number of ether oxygens (including phenoxy) is 2. The highest BCUT2D eigenvalue weighted by Gasteiger charge is 2.43. The Kier molecular flexibility index (Phi) is 8.97. The van der Waals surface area contributed by atoms with Crippen LogP contribution in [0, 0.1) is 23.6 Å². The van der Waals surface area contributed by atoms with E-state index in [2.05, 4.69) is 5.32 Å². The van der Waals surface area contributed by atoms with Gasteiger partial charge in [-0.15, -0.1) is 0 Å². The zero-order valence-electron chi connectivity index (χ0n) is 22.0. The van der Waals surface area contributed by atoms with Crippen LogP contribution in [-0.4, -0.2) is 41.5 Å². The maximum Gasteiger partial charge on any atom is 0.162 e. The van der Waals surface area contributed by atoms with E-state index in [1.54, 1.807) is 0 Å². The first-order chi connectivity index (χ1) is 18.5. The van der Waals surface area contributed by atoms with Gasteiger partial charge in [0.1, 0.15) is 25.3 Å². The summed E-state index contributed by atoms with van der Waals surface area (Å²) in [5.41, 5.74) is 1.30. The fourth-order valence-corrected chi connectivity index (χ4v) is 6.74. The SMILES string of the molecule is O=C(CCCCCC(O)N[C@H](CC1C2CCC1CC2)[C@H](O)c1ccc2c(c1)OCCO2)c1ccc(F)cc1. The third-order valence-electron chi connectivity index (χ3n) is 8.80. The molecule has 3 aliphatic rings. The monoisotopic (exact) mass is 525 g/mol. The van der Waals surface area contributed by atoms with Crippen LogP contribution in [0.5, 0.6) is 11.5 Å². The van der Waals surface area contributed by atoms with Crippen molar-refractivity contribution >= 4 is 5.78 Å². The van der Waals surface area contributed by atoms with Gasteiger partial charge in [0.05, 0.1) is 6.10 Å². The Morgan fingerprint density at radius 1 is 0.921 bits per heavy atom. The predicted octanol–water partition coefficient (Wildman–Crippen LogP) is 5.57. The number of carbonyl (C=O) groups is 1. The van der Waals surface area contributed by atoms with Gasteiger partial charge in [0, 0.05) is 18.0 Å². The molecule has 6 nitrogen and oxygen atoms in total. The number of halogens is 1. The van der Waals surface area contributed by atoms with Crippen LogP contribution in [0.1, 0.15) is 86.2 Å². The van der Waals surface area contributed by atoms with Gasteiger partial charge in [-0.1, -0.05) is 12.5 Å². The van der Waals surface area contributed by atoms with Crippen molar-refractivity contribution in [2.24, 2.45) is 17.8 Å². The molecule has 206 valence electrons. The molecule has 0 aromatic heterocycles. The summed E-state index contributed by atoms with van der Waals surface area (Å²) in [6.45, 7) is 1.02. The molecule has 0 amide bonds. The average molecular weight is 526 g/mol. The quantitative estimate of drug-likeness (QED) is 0.180. The van der Waals surface area contributed by atoms with Gasteiger partial charge in [-0.3, -0.25) is 10.1 Å². The molecule has 1 unspecified atom stereocenters. The Morgan fingerprint density at radius 3 is 2.32 bits per heavy atom. The minimum absolute atomic E-state index is 0.0116. The Morgan fingerprint density at radius 2 is 1.61 bits per heavy atom. The fourth-order valence-electron chi connectivity index (χ4n) is 6.74. The van der Waals surface area contributed by atoms with Gasteiger partial charge in [0.2, 0.25) is 0 Å². The number of rotatable bonds is 13. The van der Waals surface area contributed by atoms with Gasteiger partial charge in [0.15, 0.2) is 17.3 Å². The second-order valence-electron chi connectivity index (χ2n) is 11.2. The normalized spacial score (nSPS) is 24.2. The van der Waals surface area contributed by atoms with Crippen molar-refractivity contribution in [3.8, 4) is 11.5 Å². The van der Waals surface area contributed by atoms with E-state index in [9.17, 15) is 19.4 Å². The van der Waals surface area contributed by atoms with Crippen molar-refractivity contribution in [1.82, 2.24) is 5.32 Å². The molecule has 1 aliphatic heterocycles. The summed E-state index contributed by atoms with van der Waals surface area (Å²) in [7, 11) is 0. The summed E-state index contributed by atoms with van der Waals surface area (Å²) in [5, 5.41) is 25.7. The third-order valence-corrected chi connectivity index (χ3v) is 8.80. The van der Waals surface area contributed by atoms with Gasteiger partial charge in [-0.2, -0.15) is 0 Å². The number of hydrogen-bond acceptors (Lipinski definition) is 6. The van der Waals surface area contributed by atoms with Gasteiger partial charge < -0.3 is 19.7 Å². The number of nitrogens with one attached hydrogen (secondary N) is 1. The lowest BCUT2D eigenvalue weighted by molar-refractivity contribution is 0.0464. The molecule has 0 saturated heterocycles. The molecule has 3 N–H and O–H groups in total. The van der Waals surface area contributed by atoms with Crippen molar-refractivity contribution in [3.05, 3.63) is 59.4 Å². The van der Waals surface area contributed by atoms with E-state index in [1.165, 1.54) is 49.9 Å². The van der Waals surface area contributed by atoms with E-state index in [0.717, 1.165) is 43.1 Å². The Bertz CT molecular complexity index is 1060. The first kappa shape index (κ1) is 27.1. The molecule has 2 bridgehead atoms. The second-order valence-corrected chi connectivity index (χ2v) is 11.2. The van der Waals surface area contributed by atoms with Crippen LogP contribution < -0.4 is 14.8 Å². The first-order valence-corrected chi connectivity index (χ1v) is 14.3. The molecule has 5 rings (SSSR count). The third kappa shape index (κ3) is 6.56. The molecule has 3 atom stereocenters. The Hall–Kier alpha value is -2.48.